The number of unbranched alkanes of at least 4 members (excludes halogenated alkanes) is 2. The molecule has 84 valence electrons. The van der Waals surface area contributed by atoms with Crippen molar-refractivity contribution in [2.45, 2.75) is 57.7 Å². The van der Waals surface area contributed by atoms with Gasteiger partial charge in [0.1, 0.15) is 0 Å². The Morgan fingerprint density at radius 1 is 1.29 bits per heavy atom. The van der Waals surface area contributed by atoms with Crippen LogP contribution in [0.1, 0.15) is 52.4 Å². The minimum atomic E-state index is 0.0927. The van der Waals surface area contributed by atoms with Gasteiger partial charge in [-0.3, -0.25) is 4.79 Å². The minimum Gasteiger partial charge on any atom is -0.355 e. The molecule has 0 heterocycles. The van der Waals surface area contributed by atoms with Gasteiger partial charge in [0.25, 0.3) is 0 Å². The quantitative estimate of drug-likeness (QED) is 0.493. The molecule has 0 aliphatic carbocycles. The van der Waals surface area contributed by atoms with Gasteiger partial charge in [0.05, 0.1) is 5.38 Å². The fourth-order valence-corrected chi connectivity index (χ4v) is 1.56. The lowest BCUT2D eigenvalue weighted by Gasteiger charge is -2.09. The highest BCUT2D eigenvalue weighted by Gasteiger charge is 2.05. The summed E-state index contributed by atoms with van der Waals surface area (Å²) < 4.78 is 0. The average Bonchev–Trinajstić information content (AvgIpc) is 2.16. The van der Waals surface area contributed by atoms with Crippen molar-refractivity contribution in [2.24, 2.45) is 0 Å². The van der Waals surface area contributed by atoms with Crippen molar-refractivity contribution in [3.63, 3.8) is 0 Å². The summed E-state index contributed by atoms with van der Waals surface area (Å²) >= 11 is 5.97. The normalized spacial score (nSPS) is 12.5. The fourth-order valence-electron chi connectivity index (χ4n) is 1.26. The van der Waals surface area contributed by atoms with E-state index in [0.717, 1.165) is 32.1 Å². The van der Waals surface area contributed by atoms with Crippen LogP contribution in [0.15, 0.2) is 0 Å². The van der Waals surface area contributed by atoms with E-state index in [2.05, 4.69) is 19.2 Å². The third-order valence-electron chi connectivity index (χ3n) is 2.13. The van der Waals surface area contributed by atoms with E-state index in [0.29, 0.717) is 13.0 Å². The molecule has 0 saturated carbocycles. The Kier molecular flexibility index (Phi) is 9.16. The van der Waals surface area contributed by atoms with E-state index in [1.165, 1.54) is 0 Å². The maximum Gasteiger partial charge on any atom is 0.220 e. The first-order chi connectivity index (χ1) is 6.70. The van der Waals surface area contributed by atoms with Gasteiger partial charge in [0.2, 0.25) is 5.91 Å². The first kappa shape index (κ1) is 13.8. The monoisotopic (exact) mass is 219 g/mol. The third-order valence-corrected chi connectivity index (χ3v) is 2.50. The van der Waals surface area contributed by atoms with Gasteiger partial charge >= 0.3 is 0 Å². The van der Waals surface area contributed by atoms with Crippen LogP contribution in [0.5, 0.6) is 0 Å². The number of hydrogen-bond donors (Lipinski definition) is 1. The van der Waals surface area contributed by atoms with Crippen molar-refractivity contribution in [2.75, 3.05) is 6.54 Å². The molecule has 0 radical (unpaired) electrons. The molecule has 0 bridgehead atoms. The fraction of sp³-hybridized carbons (Fsp3) is 0.909. The lowest BCUT2D eigenvalue weighted by Crippen LogP contribution is -2.29. The Morgan fingerprint density at radius 3 is 2.57 bits per heavy atom. The number of nitrogens with one attached hydrogen (secondary N) is 1. The maximum atomic E-state index is 11.3. The molecule has 3 heteroatoms. The standard InChI is InChI=1S/C11H22ClNO/c1-3-5-6-8-11(14)13-9-10(12)7-4-2/h10H,3-9H2,1-2H3,(H,13,14). The average molecular weight is 220 g/mol. The van der Waals surface area contributed by atoms with E-state index >= 15 is 0 Å². The molecular weight excluding hydrogens is 198 g/mol. The zero-order chi connectivity index (χ0) is 10.8. The molecule has 0 aliphatic heterocycles. The topological polar surface area (TPSA) is 29.1 Å². The van der Waals surface area contributed by atoms with E-state index in [-0.39, 0.29) is 11.3 Å². The number of carbonyl (C=O) groups is 1. The number of carbonyl (C=O) groups excluding carboxylic acids is 1. The zero-order valence-electron chi connectivity index (χ0n) is 9.31. The van der Waals surface area contributed by atoms with Crippen LogP contribution >= 0.6 is 11.6 Å². The second-order valence-electron chi connectivity index (χ2n) is 3.65. The van der Waals surface area contributed by atoms with Gasteiger partial charge in [-0.2, -0.15) is 0 Å². The molecule has 1 atom stereocenters. The Balaban J connectivity index is 3.34. The van der Waals surface area contributed by atoms with Crippen LogP contribution < -0.4 is 5.32 Å². The number of amides is 1. The molecule has 14 heavy (non-hydrogen) atoms. The summed E-state index contributed by atoms with van der Waals surface area (Å²) in [6.07, 6.45) is 5.96. The van der Waals surface area contributed by atoms with E-state index in [9.17, 15) is 4.79 Å². The van der Waals surface area contributed by atoms with Crippen molar-refractivity contribution in [3.05, 3.63) is 0 Å². The highest BCUT2D eigenvalue weighted by molar-refractivity contribution is 6.20. The van der Waals surface area contributed by atoms with Crippen LogP contribution in [0, 0.1) is 0 Å². The Hall–Kier alpha value is -0.240. The molecule has 1 unspecified atom stereocenters. The van der Waals surface area contributed by atoms with Gasteiger partial charge in [-0.25, -0.2) is 0 Å². The van der Waals surface area contributed by atoms with E-state index in [4.69, 9.17) is 11.6 Å². The van der Waals surface area contributed by atoms with Gasteiger partial charge in [-0.15, -0.1) is 11.6 Å². The number of halogens is 1. The predicted molar refractivity (Wildman–Crippen MR) is 61.7 cm³/mol. The van der Waals surface area contributed by atoms with Crippen molar-refractivity contribution in [3.8, 4) is 0 Å². The van der Waals surface area contributed by atoms with Crippen LogP contribution in [0.3, 0.4) is 0 Å². The Labute approximate surface area is 92.4 Å². The Morgan fingerprint density at radius 2 is 2.00 bits per heavy atom. The first-order valence-corrected chi connectivity index (χ1v) is 6.05. The lowest BCUT2D eigenvalue weighted by atomic mass is 10.2. The van der Waals surface area contributed by atoms with Crippen LogP contribution in [0.4, 0.5) is 0 Å². The Bertz CT molecular complexity index is 150. The molecule has 0 aromatic rings. The van der Waals surface area contributed by atoms with E-state index < -0.39 is 0 Å². The largest absolute Gasteiger partial charge is 0.355 e. The lowest BCUT2D eigenvalue weighted by molar-refractivity contribution is -0.121. The summed E-state index contributed by atoms with van der Waals surface area (Å²) in [5.74, 6) is 0.139. The van der Waals surface area contributed by atoms with Gasteiger partial charge in [-0.1, -0.05) is 33.1 Å². The summed E-state index contributed by atoms with van der Waals surface area (Å²) in [6, 6.07) is 0. The third kappa shape index (κ3) is 8.36. The number of hydrogen-bond acceptors (Lipinski definition) is 1. The molecule has 0 saturated heterocycles. The molecule has 0 rings (SSSR count). The molecule has 0 fully saturated rings. The molecule has 1 amide bonds. The number of rotatable bonds is 8. The van der Waals surface area contributed by atoms with Gasteiger partial charge in [0.15, 0.2) is 0 Å². The molecule has 1 N–H and O–H groups in total. The number of alkyl halides is 1. The molecule has 0 aromatic heterocycles. The van der Waals surface area contributed by atoms with E-state index in [1.54, 1.807) is 0 Å². The molecular formula is C11H22ClNO. The summed E-state index contributed by atoms with van der Waals surface area (Å²) in [5, 5.41) is 2.95. The van der Waals surface area contributed by atoms with Crippen LogP contribution in [-0.2, 0) is 4.79 Å². The minimum absolute atomic E-state index is 0.0927. The highest BCUT2D eigenvalue weighted by Crippen LogP contribution is 2.04. The van der Waals surface area contributed by atoms with Crippen LogP contribution in [-0.4, -0.2) is 17.8 Å². The van der Waals surface area contributed by atoms with Crippen molar-refractivity contribution >= 4 is 17.5 Å². The summed E-state index contributed by atoms with van der Waals surface area (Å²) in [5.41, 5.74) is 0. The first-order valence-electron chi connectivity index (χ1n) is 5.61. The smallest absolute Gasteiger partial charge is 0.220 e. The second kappa shape index (κ2) is 9.32. The summed E-state index contributed by atoms with van der Waals surface area (Å²) in [7, 11) is 0. The van der Waals surface area contributed by atoms with Gasteiger partial charge < -0.3 is 5.32 Å². The summed E-state index contributed by atoms with van der Waals surface area (Å²) in [4.78, 5) is 11.3. The molecule has 0 aliphatic rings. The van der Waals surface area contributed by atoms with Crippen LogP contribution in [0.2, 0.25) is 0 Å². The van der Waals surface area contributed by atoms with Crippen molar-refractivity contribution < 1.29 is 4.79 Å². The zero-order valence-corrected chi connectivity index (χ0v) is 10.1. The van der Waals surface area contributed by atoms with Crippen molar-refractivity contribution in [1.82, 2.24) is 5.32 Å². The van der Waals surface area contributed by atoms with E-state index in [1.807, 2.05) is 0 Å². The van der Waals surface area contributed by atoms with Crippen molar-refractivity contribution in [1.29, 1.82) is 0 Å². The maximum absolute atomic E-state index is 11.3. The van der Waals surface area contributed by atoms with Gasteiger partial charge in [0, 0.05) is 13.0 Å². The molecule has 0 aromatic carbocycles. The highest BCUT2D eigenvalue weighted by atomic mass is 35.5. The van der Waals surface area contributed by atoms with Crippen LogP contribution in [0.25, 0.3) is 0 Å². The predicted octanol–water partition coefficient (Wildman–Crippen LogP) is 3.09. The molecule has 0 spiro atoms. The van der Waals surface area contributed by atoms with Gasteiger partial charge in [-0.05, 0) is 12.8 Å². The summed E-state index contributed by atoms with van der Waals surface area (Å²) in [6.45, 7) is 4.84. The SMILES string of the molecule is CCCCCC(=O)NCC(Cl)CCC. The second-order valence-corrected chi connectivity index (χ2v) is 4.26. The molecule has 2 nitrogen and oxygen atoms in total.